The first-order valence-corrected chi connectivity index (χ1v) is 17.0. The van der Waals surface area contributed by atoms with E-state index in [-0.39, 0.29) is 24.1 Å². The van der Waals surface area contributed by atoms with Gasteiger partial charge >= 0.3 is 5.97 Å². The van der Waals surface area contributed by atoms with Gasteiger partial charge in [-0.25, -0.2) is 4.79 Å². The van der Waals surface area contributed by atoms with E-state index >= 15 is 0 Å². The number of allylic oxidation sites excluding steroid dienone is 1. The van der Waals surface area contributed by atoms with E-state index in [2.05, 4.69) is 51.8 Å². The van der Waals surface area contributed by atoms with E-state index in [9.17, 15) is 15.2 Å². The minimum absolute atomic E-state index is 0.143. The third kappa shape index (κ3) is 6.35. The number of pyridine rings is 1. The van der Waals surface area contributed by atoms with Crippen LogP contribution in [0.15, 0.2) is 66.4 Å². The number of carboxylic acids is 1. The minimum Gasteiger partial charge on any atom is -0.478 e. The van der Waals surface area contributed by atoms with Gasteiger partial charge in [-0.3, -0.25) is 4.90 Å². The average molecular weight is 665 g/mol. The second-order valence-electron chi connectivity index (χ2n) is 14.5. The largest absolute Gasteiger partial charge is 0.478 e. The van der Waals surface area contributed by atoms with Gasteiger partial charge in [0.2, 0.25) is 5.88 Å². The van der Waals surface area contributed by atoms with Crippen LogP contribution in [0.4, 0.5) is 17.1 Å². The second kappa shape index (κ2) is 12.5. The smallest absolute Gasteiger partial charge is 0.337 e. The van der Waals surface area contributed by atoms with Crippen LogP contribution in [0.1, 0.15) is 56.0 Å². The predicted molar refractivity (Wildman–Crippen MR) is 190 cm³/mol. The Kier molecular flexibility index (Phi) is 8.34. The number of carbonyl (C=O) groups is 1. The van der Waals surface area contributed by atoms with E-state index in [0.717, 1.165) is 61.7 Å². The Hall–Kier alpha value is -4.52. The number of nitrogens with zero attached hydrogens (tertiary/aromatic N) is 5. The SMILES string of the molecule is CC1(C)CCC(CN2CCN(c3ccc(C(=O)O)c(N4CC(C)(C#N)COc5nc6[nH]ccc6cc54)c3)CC2)=C(c2ccc(Cl)cc2)C1. The summed E-state index contributed by atoms with van der Waals surface area (Å²) in [7, 11) is 0. The van der Waals surface area contributed by atoms with Gasteiger partial charge in [0.1, 0.15) is 23.4 Å². The zero-order valence-corrected chi connectivity index (χ0v) is 28.5. The number of H-pyrrole nitrogens is 1. The summed E-state index contributed by atoms with van der Waals surface area (Å²) in [6.45, 7) is 11.3. The van der Waals surface area contributed by atoms with Crippen molar-refractivity contribution in [1.82, 2.24) is 14.9 Å². The van der Waals surface area contributed by atoms with Gasteiger partial charge in [-0.1, -0.05) is 43.2 Å². The second-order valence-corrected chi connectivity index (χ2v) is 14.9. The van der Waals surface area contributed by atoms with Crippen LogP contribution >= 0.6 is 11.6 Å². The van der Waals surface area contributed by atoms with E-state index in [4.69, 9.17) is 16.3 Å². The number of piperazine rings is 1. The van der Waals surface area contributed by atoms with Crippen LogP contribution in [0.2, 0.25) is 5.02 Å². The zero-order chi connectivity index (χ0) is 33.6. The minimum atomic E-state index is -1.03. The fraction of sp³-hybridized carbons (Fsp3) is 0.395. The number of rotatable bonds is 6. The molecule has 9 nitrogen and oxygen atoms in total. The molecule has 4 aromatic rings. The average Bonchev–Trinajstić information content (AvgIpc) is 3.49. The lowest BCUT2D eigenvalue weighted by molar-refractivity contribution is 0.0697. The number of anilines is 3. The predicted octanol–water partition coefficient (Wildman–Crippen LogP) is 7.76. The number of hydrogen-bond donors (Lipinski definition) is 2. The molecule has 0 bridgehead atoms. The molecule has 10 heteroatoms. The van der Waals surface area contributed by atoms with Crippen molar-refractivity contribution in [3.63, 3.8) is 0 Å². The maximum Gasteiger partial charge on any atom is 0.337 e. The van der Waals surface area contributed by atoms with Crippen LogP contribution in [-0.4, -0.2) is 71.8 Å². The number of carboxylic acid groups (broad SMARTS) is 1. The molecule has 48 heavy (non-hydrogen) atoms. The summed E-state index contributed by atoms with van der Waals surface area (Å²) in [5, 5.41) is 22.1. The standard InChI is InChI=1S/C38H41ClN6O3/c1-37(2)12-10-27(31(20-37)25-4-6-28(39)7-5-25)21-43-14-16-44(17-15-43)29-8-9-30(36(46)47)32(19-29)45-23-38(3,22-40)24-48-35-33(45)18-26-11-13-41-34(26)42-35/h4-9,11,13,18-19H,10,12,14-17,20-21,23-24H2,1-3H3,(H,41,42)(H,46,47). The Bertz CT molecular complexity index is 1940. The lowest BCUT2D eigenvalue weighted by atomic mass is 9.72. The maximum absolute atomic E-state index is 12.6. The Labute approximate surface area is 286 Å². The van der Waals surface area contributed by atoms with E-state index in [1.807, 2.05) is 54.4 Å². The van der Waals surface area contributed by atoms with Crippen molar-refractivity contribution in [3.8, 4) is 11.9 Å². The van der Waals surface area contributed by atoms with E-state index in [0.29, 0.717) is 22.9 Å². The summed E-state index contributed by atoms with van der Waals surface area (Å²) in [5.41, 5.74) is 6.59. The molecular weight excluding hydrogens is 624 g/mol. The molecule has 0 amide bonds. The van der Waals surface area contributed by atoms with Gasteiger partial charge in [-0.2, -0.15) is 10.2 Å². The summed E-state index contributed by atoms with van der Waals surface area (Å²) < 4.78 is 6.09. The van der Waals surface area contributed by atoms with Crippen LogP contribution in [0.3, 0.4) is 0 Å². The normalized spacial score (nSPS) is 21.4. The summed E-state index contributed by atoms with van der Waals surface area (Å²) in [6, 6.07) is 20.1. The number of aromatic carboxylic acids is 1. The lowest BCUT2D eigenvalue weighted by Crippen LogP contribution is -2.47. The first-order valence-electron chi connectivity index (χ1n) is 16.6. The van der Waals surface area contributed by atoms with Gasteiger partial charge < -0.3 is 24.6 Å². The van der Waals surface area contributed by atoms with Gasteiger partial charge in [-0.15, -0.1) is 0 Å². The summed E-state index contributed by atoms with van der Waals surface area (Å²) in [5.74, 6) is -0.652. The van der Waals surface area contributed by atoms with E-state index in [1.54, 1.807) is 6.07 Å². The first kappa shape index (κ1) is 32.0. The van der Waals surface area contributed by atoms with Crippen molar-refractivity contribution >= 4 is 51.2 Å². The molecule has 3 aliphatic rings. The molecule has 2 aromatic carbocycles. The number of fused-ring (bicyclic) bond motifs is 2. The number of halogens is 1. The molecule has 248 valence electrons. The molecule has 2 N–H and O–H groups in total. The van der Waals surface area contributed by atoms with Crippen LogP contribution in [0.25, 0.3) is 16.6 Å². The van der Waals surface area contributed by atoms with E-state index < -0.39 is 11.4 Å². The highest BCUT2D eigenvalue weighted by Gasteiger charge is 2.37. The monoisotopic (exact) mass is 664 g/mol. The number of ether oxygens (including phenoxy) is 1. The molecule has 1 unspecified atom stereocenters. The molecule has 1 aliphatic carbocycles. The molecule has 0 saturated carbocycles. The number of nitriles is 1. The van der Waals surface area contributed by atoms with Gasteiger partial charge in [0.05, 0.1) is 17.3 Å². The van der Waals surface area contributed by atoms with Gasteiger partial charge in [0.15, 0.2) is 0 Å². The Morgan fingerprint density at radius 3 is 2.56 bits per heavy atom. The number of nitrogens with one attached hydrogen (secondary N) is 1. The Morgan fingerprint density at radius 1 is 1.06 bits per heavy atom. The van der Waals surface area contributed by atoms with Crippen molar-refractivity contribution in [2.45, 2.75) is 40.0 Å². The molecule has 1 fully saturated rings. The Balaban J connectivity index is 1.16. The van der Waals surface area contributed by atoms with Crippen molar-refractivity contribution in [2.75, 3.05) is 55.7 Å². The van der Waals surface area contributed by atoms with Crippen LogP contribution < -0.4 is 14.5 Å². The molecule has 2 aromatic heterocycles. The highest BCUT2D eigenvalue weighted by atomic mass is 35.5. The van der Waals surface area contributed by atoms with Crippen LogP contribution in [-0.2, 0) is 0 Å². The maximum atomic E-state index is 12.6. The molecular formula is C38H41ClN6O3. The first-order chi connectivity index (χ1) is 23.0. The molecule has 0 spiro atoms. The Morgan fingerprint density at radius 2 is 1.83 bits per heavy atom. The van der Waals surface area contributed by atoms with Crippen molar-refractivity contribution < 1.29 is 14.6 Å². The highest BCUT2D eigenvalue weighted by molar-refractivity contribution is 6.30. The van der Waals surface area contributed by atoms with Gasteiger partial charge in [-0.05, 0) is 85.2 Å². The quantitative estimate of drug-likeness (QED) is 0.215. The van der Waals surface area contributed by atoms with E-state index in [1.165, 1.54) is 23.1 Å². The number of benzene rings is 2. The third-order valence-corrected chi connectivity index (χ3v) is 10.4. The van der Waals surface area contributed by atoms with Crippen molar-refractivity contribution in [2.24, 2.45) is 10.8 Å². The number of aromatic nitrogens is 2. The summed E-state index contributed by atoms with van der Waals surface area (Å²) in [4.78, 5) is 27.2. The molecule has 4 heterocycles. The third-order valence-electron chi connectivity index (χ3n) is 10.1. The van der Waals surface area contributed by atoms with Crippen molar-refractivity contribution in [3.05, 3.63) is 82.5 Å². The number of aromatic amines is 1. The molecule has 2 aliphatic heterocycles. The summed E-state index contributed by atoms with van der Waals surface area (Å²) in [6.07, 6.45) is 5.15. The molecule has 0 radical (unpaired) electrons. The fourth-order valence-electron chi connectivity index (χ4n) is 7.26. The van der Waals surface area contributed by atoms with Gasteiger partial charge in [0.25, 0.3) is 0 Å². The lowest BCUT2D eigenvalue weighted by Gasteiger charge is -2.39. The topological polar surface area (TPSA) is 109 Å². The van der Waals surface area contributed by atoms with Crippen molar-refractivity contribution in [1.29, 1.82) is 5.26 Å². The molecule has 1 saturated heterocycles. The molecule has 1 atom stereocenters. The fourth-order valence-corrected chi connectivity index (χ4v) is 7.39. The van der Waals surface area contributed by atoms with Crippen LogP contribution in [0.5, 0.6) is 5.88 Å². The number of hydrogen-bond acceptors (Lipinski definition) is 7. The molecule has 7 rings (SSSR count). The zero-order valence-electron chi connectivity index (χ0n) is 27.7. The highest BCUT2D eigenvalue weighted by Crippen LogP contribution is 2.45. The van der Waals surface area contributed by atoms with Crippen LogP contribution in [0, 0.1) is 22.2 Å². The van der Waals surface area contributed by atoms with Gasteiger partial charge in [0, 0.05) is 61.6 Å². The summed E-state index contributed by atoms with van der Waals surface area (Å²) >= 11 is 6.22.